The van der Waals surface area contributed by atoms with Gasteiger partial charge in [-0.1, -0.05) is 23.9 Å². The van der Waals surface area contributed by atoms with Crippen LogP contribution in [0.15, 0.2) is 47.9 Å². The highest BCUT2D eigenvalue weighted by atomic mass is 32.2. The number of pyridine rings is 1. The molecule has 1 N–H and O–H groups in total. The minimum atomic E-state index is -0.509. The standard InChI is InChI=1S/C18H18N6O3S/c1-3-23-17(13-7-9-19-10-8-13)21-22-18(23)28-11-15(25)20-16-12(2)5-4-6-14(16)24(26)27/h4-10H,3,11H2,1-2H3,(H,20,25). The fourth-order valence-electron chi connectivity index (χ4n) is 2.67. The van der Waals surface area contributed by atoms with Crippen molar-refractivity contribution in [1.29, 1.82) is 0 Å². The number of nitro benzene ring substituents is 1. The monoisotopic (exact) mass is 398 g/mol. The van der Waals surface area contributed by atoms with Gasteiger partial charge < -0.3 is 9.88 Å². The first-order valence-corrected chi connectivity index (χ1v) is 9.50. The molecule has 0 radical (unpaired) electrons. The zero-order valence-electron chi connectivity index (χ0n) is 15.3. The van der Waals surface area contributed by atoms with E-state index in [4.69, 9.17) is 0 Å². The van der Waals surface area contributed by atoms with Gasteiger partial charge in [0, 0.05) is 30.6 Å². The van der Waals surface area contributed by atoms with Crippen LogP contribution in [0.5, 0.6) is 0 Å². The zero-order chi connectivity index (χ0) is 20.1. The number of benzene rings is 1. The largest absolute Gasteiger partial charge is 0.319 e. The number of nitro groups is 1. The summed E-state index contributed by atoms with van der Waals surface area (Å²) in [7, 11) is 0. The lowest BCUT2D eigenvalue weighted by Gasteiger charge is -2.09. The molecule has 144 valence electrons. The minimum absolute atomic E-state index is 0.0555. The van der Waals surface area contributed by atoms with E-state index in [1.54, 1.807) is 31.5 Å². The summed E-state index contributed by atoms with van der Waals surface area (Å²) in [5.41, 5.74) is 1.60. The molecule has 0 saturated carbocycles. The van der Waals surface area contributed by atoms with E-state index in [2.05, 4.69) is 20.5 Å². The smallest absolute Gasteiger partial charge is 0.293 e. The fraction of sp³-hybridized carbons (Fsp3) is 0.222. The van der Waals surface area contributed by atoms with Gasteiger partial charge in [-0.3, -0.25) is 19.9 Å². The van der Waals surface area contributed by atoms with Crippen LogP contribution in [0.25, 0.3) is 11.4 Å². The van der Waals surface area contributed by atoms with Crippen molar-refractivity contribution in [2.75, 3.05) is 11.1 Å². The molecular weight excluding hydrogens is 380 g/mol. The first-order valence-electron chi connectivity index (χ1n) is 8.51. The Morgan fingerprint density at radius 2 is 2.00 bits per heavy atom. The molecule has 0 fully saturated rings. The topological polar surface area (TPSA) is 116 Å². The van der Waals surface area contributed by atoms with Crippen molar-refractivity contribution in [3.8, 4) is 11.4 Å². The van der Waals surface area contributed by atoms with Crippen molar-refractivity contribution < 1.29 is 9.72 Å². The summed E-state index contributed by atoms with van der Waals surface area (Å²) >= 11 is 1.23. The number of carbonyl (C=O) groups is 1. The molecule has 9 nitrogen and oxygen atoms in total. The van der Waals surface area contributed by atoms with Gasteiger partial charge in [-0.15, -0.1) is 10.2 Å². The number of aromatic nitrogens is 4. The quantitative estimate of drug-likeness (QED) is 0.369. The van der Waals surface area contributed by atoms with Crippen LogP contribution in [-0.2, 0) is 11.3 Å². The lowest BCUT2D eigenvalue weighted by Crippen LogP contribution is -2.16. The van der Waals surface area contributed by atoms with Gasteiger partial charge in [-0.2, -0.15) is 0 Å². The zero-order valence-corrected chi connectivity index (χ0v) is 16.1. The molecule has 0 saturated heterocycles. The van der Waals surface area contributed by atoms with Crippen LogP contribution in [-0.4, -0.2) is 36.3 Å². The SMILES string of the molecule is CCn1c(SCC(=O)Nc2c(C)cccc2[N+](=O)[O-])nnc1-c1ccncc1. The second-order valence-electron chi connectivity index (χ2n) is 5.85. The molecule has 3 rings (SSSR count). The molecule has 2 heterocycles. The van der Waals surface area contributed by atoms with Crippen molar-refractivity contribution >= 4 is 29.0 Å². The summed E-state index contributed by atoms with van der Waals surface area (Å²) in [5, 5.41) is 22.8. The number of nitrogens with zero attached hydrogens (tertiary/aromatic N) is 5. The molecule has 10 heteroatoms. The van der Waals surface area contributed by atoms with E-state index in [1.165, 1.54) is 17.8 Å². The van der Waals surface area contributed by atoms with Gasteiger partial charge in [0.05, 0.1) is 10.7 Å². The van der Waals surface area contributed by atoms with Crippen LogP contribution in [0.1, 0.15) is 12.5 Å². The number of carbonyl (C=O) groups excluding carboxylic acids is 1. The molecule has 0 atom stereocenters. The van der Waals surface area contributed by atoms with Crippen LogP contribution in [0.3, 0.4) is 0 Å². The maximum atomic E-state index is 12.4. The predicted molar refractivity (Wildman–Crippen MR) is 106 cm³/mol. The van der Waals surface area contributed by atoms with Crippen molar-refractivity contribution in [3.05, 3.63) is 58.4 Å². The number of amides is 1. The van der Waals surface area contributed by atoms with Crippen LogP contribution in [0, 0.1) is 17.0 Å². The summed E-state index contributed by atoms with van der Waals surface area (Å²) < 4.78 is 1.91. The van der Waals surface area contributed by atoms with Crippen LogP contribution in [0.2, 0.25) is 0 Å². The third kappa shape index (κ3) is 4.17. The van der Waals surface area contributed by atoms with E-state index in [0.29, 0.717) is 23.1 Å². The Labute approximate surface area is 165 Å². The Morgan fingerprint density at radius 1 is 1.25 bits per heavy atom. The van der Waals surface area contributed by atoms with Crippen LogP contribution >= 0.6 is 11.8 Å². The summed E-state index contributed by atoms with van der Waals surface area (Å²) in [6.07, 6.45) is 3.36. The van der Waals surface area contributed by atoms with Gasteiger partial charge in [0.25, 0.3) is 5.69 Å². The van der Waals surface area contributed by atoms with E-state index >= 15 is 0 Å². The Balaban J connectivity index is 1.73. The fourth-order valence-corrected chi connectivity index (χ4v) is 3.47. The number of para-hydroxylation sites is 1. The third-order valence-corrected chi connectivity index (χ3v) is 4.98. The van der Waals surface area contributed by atoms with E-state index in [9.17, 15) is 14.9 Å². The molecule has 0 aliphatic heterocycles. The van der Waals surface area contributed by atoms with Gasteiger partial charge in [-0.25, -0.2) is 0 Å². The molecule has 3 aromatic rings. The van der Waals surface area contributed by atoms with Crippen molar-refractivity contribution in [1.82, 2.24) is 19.7 Å². The van der Waals surface area contributed by atoms with Gasteiger partial charge >= 0.3 is 0 Å². The molecule has 28 heavy (non-hydrogen) atoms. The Morgan fingerprint density at radius 3 is 2.68 bits per heavy atom. The highest BCUT2D eigenvalue weighted by Gasteiger charge is 2.19. The Bertz CT molecular complexity index is 1010. The van der Waals surface area contributed by atoms with Crippen LogP contribution in [0.4, 0.5) is 11.4 Å². The number of thioether (sulfide) groups is 1. The average Bonchev–Trinajstić information content (AvgIpc) is 3.11. The summed E-state index contributed by atoms with van der Waals surface area (Å²) in [6.45, 7) is 4.32. The number of hydrogen-bond donors (Lipinski definition) is 1. The minimum Gasteiger partial charge on any atom is -0.319 e. The van der Waals surface area contributed by atoms with Crippen LogP contribution < -0.4 is 5.32 Å². The summed E-state index contributed by atoms with van der Waals surface area (Å²) in [5.74, 6) is 0.404. The third-order valence-electron chi connectivity index (χ3n) is 4.02. The summed E-state index contributed by atoms with van der Waals surface area (Å²) in [6, 6.07) is 8.35. The van der Waals surface area contributed by atoms with Gasteiger partial charge in [0.2, 0.25) is 5.91 Å². The van der Waals surface area contributed by atoms with E-state index in [0.717, 1.165) is 5.56 Å². The molecule has 1 aromatic carbocycles. The number of anilines is 1. The average molecular weight is 398 g/mol. The maximum absolute atomic E-state index is 12.4. The molecule has 0 aliphatic carbocycles. The molecule has 2 aromatic heterocycles. The number of rotatable bonds is 7. The van der Waals surface area contributed by atoms with E-state index < -0.39 is 4.92 Å². The molecule has 0 unspecified atom stereocenters. The molecule has 0 spiro atoms. The second-order valence-corrected chi connectivity index (χ2v) is 6.79. The van der Waals surface area contributed by atoms with Crippen molar-refractivity contribution in [2.45, 2.75) is 25.5 Å². The molecule has 0 bridgehead atoms. The number of hydrogen-bond acceptors (Lipinski definition) is 7. The second kappa shape index (κ2) is 8.61. The first-order chi connectivity index (χ1) is 13.5. The van der Waals surface area contributed by atoms with E-state index in [-0.39, 0.29) is 23.0 Å². The van der Waals surface area contributed by atoms with Gasteiger partial charge in [0.1, 0.15) is 5.69 Å². The number of aryl methyl sites for hydroxylation is 1. The lowest BCUT2D eigenvalue weighted by molar-refractivity contribution is -0.384. The van der Waals surface area contributed by atoms with Crippen molar-refractivity contribution in [2.24, 2.45) is 0 Å². The van der Waals surface area contributed by atoms with Crippen molar-refractivity contribution in [3.63, 3.8) is 0 Å². The Hall–Kier alpha value is -3.27. The molecule has 1 amide bonds. The number of nitrogens with one attached hydrogen (secondary N) is 1. The normalized spacial score (nSPS) is 10.6. The maximum Gasteiger partial charge on any atom is 0.293 e. The van der Waals surface area contributed by atoms with Gasteiger partial charge in [-0.05, 0) is 31.5 Å². The van der Waals surface area contributed by atoms with E-state index in [1.807, 2.05) is 23.6 Å². The summed E-state index contributed by atoms with van der Waals surface area (Å²) in [4.78, 5) is 27.0. The predicted octanol–water partition coefficient (Wildman–Crippen LogP) is 3.31. The Kier molecular flexibility index (Phi) is 5.99. The molecule has 0 aliphatic rings. The lowest BCUT2D eigenvalue weighted by atomic mass is 10.1. The molecular formula is C18H18N6O3S. The highest BCUT2D eigenvalue weighted by Crippen LogP contribution is 2.28. The first kappa shape index (κ1) is 19.5. The van der Waals surface area contributed by atoms with Gasteiger partial charge in [0.15, 0.2) is 11.0 Å². The highest BCUT2D eigenvalue weighted by molar-refractivity contribution is 7.99.